The molecule has 0 amide bonds. The summed E-state index contributed by atoms with van der Waals surface area (Å²) in [5.41, 5.74) is 3.07. The number of benzene rings is 1. The van der Waals surface area contributed by atoms with E-state index in [2.05, 4.69) is 52.0 Å². The number of rotatable bonds is 2. The van der Waals surface area contributed by atoms with Crippen LogP contribution in [0.3, 0.4) is 0 Å². The summed E-state index contributed by atoms with van der Waals surface area (Å²) in [6.07, 6.45) is 8.24. The van der Waals surface area contributed by atoms with E-state index in [-0.39, 0.29) is 0 Å². The first-order valence-electron chi connectivity index (χ1n) is 9.88. The minimum Gasteiger partial charge on any atom is -0.174 e. The first-order valence-corrected chi connectivity index (χ1v) is 14.1. The molecule has 4 atom stereocenters. The predicted molar refractivity (Wildman–Crippen MR) is 116 cm³/mol. The molecule has 24 heavy (non-hydrogen) atoms. The Kier molecular flexibility index (Phi) is 5.50. The molecular weight excluding hydrogens is 326 g/mol. The molecule has 0 spiro atoms. The van der Waals surface area contributed by atoms with E-state index in [0.717, 1.165) is 22.6 Å². The minimum absolute atomic E-state index is 0.768. The van der Waals surface area contributed by atoms with Crippen LogP contribution >= 0.6 is 14.5 Å². The summed E-state index contributed by atoms with van der Waals surface area (Å²) < 4.78 is 0. The van der Waals surface area contributed by atoms with Gasteiger partial charge in [-0.1, -0.05) is 26.7 Å². The second kappa shape index (κ2) is 7.00. The van der Waals surface area contributed by atoms with Crippen LogP contribution in [0.2, 0.25) is 0 Å². The molecule has 0 unspecified atom stereocenters. The van der Waals surface area contributed by atoms with E-state index in [9.17, 15) is 0 Å². The zero-order valence-electron chi connectivity index (χ0n) is 16.2. The van der Waals surface area contributed by atoms with Gasteiger partial charge in [-0.25, -0.2) is 0 Å². The molecule has 1 aromatic carbocycles. The van der Waals surface area contributed by atoms with Gasteiger partial charge in [-0.3, -0.25) is 0 Å². The van der Waals surface area contributed by atoms with Crippen LogP contribution in [0.4, 0.5) is 0 Å². The molecule has 0 nitrogen and oxygen atoms in total. The van der Waals surface area contributed by atoms with Gasteiger partial charge in [0.1, 0.15) is 10.6 Å². The van der Waals surface area contributed by atoms with E-state index in [1.165, 1.54) is 38.5 Å². The lowest BCUT2D eigenvalue weighted by Crippen LogP contribution is -2.42. The highest BCUT2D eigenvalue weighted by molar-refractivity contribution is 7.90. The summed E-state index contributed by atoms with van der Waals surface area (Å²) >= 11 is 0. The van der Waals surface area contributed by atoms with Crippen molar-refractivity contribution in [1.82, 2.24) is 0 Å². The van der Waals surface area contributed by atoms with Crippen LogP contribution in [0.5, 0.6) is 0 Å². The van der Waals surface area contributed by atoms with Crippen molar-refractivity contribution in [2.24, 2.45) is 0 Å². The van der Waals surface area contributed by atoms with Crippen molar-refractivity contribution in [2.75, 3.05) is 0 Å². The van der Waals surface area contributed by atoms with Gasteiger partial charge in [-0.05, 0) is 78.4 Å². The largest absolute Gasteiger partial charge is 0.174 e. The second-order valence-corrected chi connectivity index (χ2v) is 16.8. The lowest BCUT2D eigenvalue weighted by Gasteiger charge is -2.50. The van der Waals surface area contributed by atoms with Gasteiger partial charge >= 0.3 is 0 Å². The topological polar surface area (TPSA) is 0 Å². The highest BCUT2D eigenvalue weighted by Crippen LogP contribution is 2.73. The van der Waals surface area contributed by atoms with E-state index in [4.69, 9.17) is 13.3 Å². The van der Waals surface area contributed by atoms with Gasteiger partial charge in [-0.2, -0.15) is 13.3 Å². The Morgan fingerprint density at radius 2 is 0.958 bits per heavy atom. The Morgan fingerprint density at radius 1 is 0.667 bits per heavy atom. The van der Waals surface area contributed by atoms with Crippen LogP contribution in [-0.4, -0.2) is 22.6 Å². The summed E-state index contributed by atoms with van der Waals surface area (Å²) in [7, 11) is -2.72. The minimum atomic E-state index is -1.36. The van der Waals surface area contributed by atoms with Gasteiger partial charge in [0.2, 0.25) is 0 Å². The first kappa shape index (κ1) is 18.9. The number of hydrogen-bond donors (Lipinski definition) is 0. The lowest BCUT2D eigenvalue weighted by atomic mass is 10.1. The van der Waals surface area contributed by atoms with Crippen molar-refractivity contribution in [1.29, 1.82) is 0 Å². The van der Waals surface area contributed by atoms with Crippen molar-refractivity contribution >= 4 is 25.1 Å². The molecule has 2 aliphatic rings. The Bertz CT molecular complexity index is 508. The SMILES string of the molecule is [CH2-][P+]1(c2ccccc2[P+]2([CH2-])[C@@H](C)CCC[C@@H]2C)[C@@H](C)CCC[C@@H]1C. The van der Waals surface area contributed by atoms with Crippen molar-refractivity contribution in [3.8, 4) is 0 Å². The lowest BCUT2D eigenvalue weighted by molar-refractivity contribution is 0.620. The van der Waals surface area contributed by atoms with Gasteiger partial charge in [0.05, 0.1) is 0 Å². The van der Waals surface area contributed by atoms with E-state index in [1.54, 1.807) is 10.6 Å². The molecule has 0 aromatic heterocycles. The van der Waals surface area contributed by atoms with Crippen LogP contribution < -0.4 is 10.6 Å². The van der Waals surface area contributed by atoms with Gasteiger partial charge < -0.3 is 0 Å². The molecule has 0 N–H and O–H groups in total. The molecule has 2 heteroatoms. The fourth-order valence-corrected chi connectivity index (χ4v) is 14.4. The predicted octanol–water partition coefficient (Wildman–Crippen LogP) is 6.48. The summed E-state index contributed by atoms with van der Waals surface area (Å²) in [5, 5.41) is 3.32. The molecule has 2 aliphatic heterocycles. The third-order valence-electron chi connectivity index (χ3n) is 7.41. The summed E-state index contributed by atoms with van der Waals surface area (Å²) in [4.78, 5) is 0. The summed E-state index contributed by atoms with van der Waals surface area (Å²) in [6.45, 7) is 19.9. The van der Waals surface area contributed by atoms with E-state index in [0.29, 0.717) is 0 Å². The zero-order chi connectivity index (χ0) is 17.5. The van der Waals surface area contributed by atoms with Crippen LogP contribution in [-0.2, 0) is 0 Å². The zero-order valence-corrected chi connectivity index (χ0v) is 18.0. The molecule has 0 bridgehead atoms. The molecule has 1 aromatic rings. The van der Waals surface area contributed by atoms with E-state index >= 15 is 0 Å². The van der Waals surface area contributed by atoms with Gasteiger partial charge in [0, 0.05) is 22.6 Å². The van der Waals surface area contributed by atoms with Crippen LogP contribution in [0, 0.1) is 13.3 Å². The maximum atomic E-state index is 5.00. The van der Waals surface area contributed by atoms with Crippen molar-refractivity contribution in [3.63, 3.8) is 0 Å². The van der Waals surface area contributed by atoms with E-state index in [1.807, 2.05) is 0 Å². The molecule has 0 radical (unpaired) electrons. The molecule has 134 valence electrons. The first-order chi connectivity index (χ1) is 11.3. The Morgan fingerprint density at radius 3 is 1.25 bits per heavy atom. The Hall–Kier alpha value is 0.0800. The standard InChI is InChI=1S/C22H36P2/c1-17-11-9-12-18(2)23(17,5)21-15-7-8-16-22(21)24(6)19(3)13-10-14-20(24)4/h7-8,15-20H,5-6,9-14H2,1-4H3/t17-,18-,19-,20-/m0/s1. The highest BCUT2D eigenvalue weighted by Gasteiger charge is 2.50. The van der Waals surface area contributed by atoms with Crippen LogP contribution in [0.15, 0.2) is 24.3 Å². The van der Waals surface area contributed by atoms with Gasteiger partial charge in [-0.15, -0.1) is 0 Å². The van der Waals surface area contributed by atoms with Crippen molar-refractivity contribution in [2.45, 2.75) is 88.9 Å². The Balaban J connectivity index is 2.15. The molecule has 0 saturated carbocycles. The Labute approximate surface area is 151 Å². The fraction of sp³-hybridized carbons (Fsp3) is 0.636. The molecule has 3 rings (SSSR count). The third-order valence-corrected chi connectivity index (χ3v) is 17.5. The summed E-state index contributed by atoms with van der Waals surface area (Å²) in [5.74, 6) is 0. The van der Waals surface area contributed by atoms with Crippen molar-refractivity contribution in [3.05, 3.63) is 37.6 Å². The molecule has 2 heterocycles. The second-order valence-electron chi connectivity index (χ2n) is 8.61. The smallest absolute Gasteiger partial charge is 0.104 e. The molecular formula is C22H36P2. The van der Waals surface area contributed by atoms with Gasteiger partial charge in [0.15, 0.2) is 0 Å². The van der Waals surface area contributed by atoms with Crippen LogP contribution in [0.1, 0.15) is 66.2 Å². The fourth-order valence-electron chi connectivity index (χ4n) is 5.33. The number of hydrogen-bond acceptors (Lipinski definition) is 0. The van der Waals surface area contributed by atoms with Gasteiger partial charge in [0.25, 0.3) is 0 Å². The van der Waals surface area contributed by atoms with E-state index < -0.39 is 14.5 Å². The monoisotopic (exact) mass is 362 g/mol. The van der Waals surface area contributed by atoms with Crippen LogP contribution in [0.25, 0.3) is 0 Å². The quantitative estimate of drug-likeness (QED) is 0.417. The molecule has 2 saturated heterocycles. The average molecular weight is 362 g/mol. The molecule has 2 fully saturated rings. The highest BCUT2D eigenvalue weighted by atomic mass is 31.2. The maximum absolute atomic E-state index is 5.00. The van der Waals surface area contributed by atoms with Crippen molar-refractivity contribution < 1.29 is 0 Å². The maximum Gasteiger partial charge on any atom is 0.104 e. The summed E-state index contributed by atoms with van der Waals surface area (Å²) in [6, 6.07) is 9.45. The normalized spacial score (nSPS) is 35.6. The molecule has 0 aliphatic carbocycles. The average Bonchev–Trinajstić information content (AvgIpc) is 2.57. The third kappa shape index (κ3) is 2.81.